The van der Waals surface area contributed by atoms with Crippen molar-refractivity contribution in [2.75, 3.05) is 25.4 Å². The van der Waals surface area contributed by atoms with E-state index < -0.39 is 0 Å². The molecule has 1 aliphatic rings. The molecule has 4 heteroatoms. The third-order valence-electron chi connectivity index (χ3n) is 3.42. The molecule has 1 aromatic rings. The van der Waals surface area contributed by atoms with E-state index in [-0.39, 0.29) is 5.56 Å². The van der Waals surface area contributed by atoms with E-state index in [4.69, 9.17) is 5.73 Å². The summed E-state index contributed by atoms with van der Waals surface area (Å²) in [5.74, 6) is 0.897. The summed E-state index contributed by atoms with van der Waals surface area (Å²) in [4.78, 5) is 14.1. The summed E-state index contributed by atoms with van der Waals surface area (Å²) in [6, 6.07) is 3.20. The molecular weight excluding hydrogens is 226 g/mol. The van der Waals surface area contributed by atoms with Crippen LogP contribution in [0.5, 0.6) is 0 Å². The van der Waals surface area contributed by atoms with Gasteiger partial charge in [-0.2, -0.15) is 0 Å². The lowest BCUT2D eigenvalue weighted by atomic mass is 10.3. The van der Waals surface area contributed by atoms with Gasteiger partial charge >= 0.3 is 0 Å². The molecule has 0 bridgehead atoms. The average molecular weight is 249 g/mol. The molecule has 0 spiro atoms. The maximum absolute atomic E-state index is 11.7. The molecule has 100 valence electrons. The van der Waals surface area contributed by atoms with E-state index in [2.05, 4.69) is 11.8 Å². The van der Waals surface area contributed by atoms with Crippen molar-refractivity contribution >= 4 is 5.69 Å². The van der Waals surface area contributed by atoms with Gasteiger partial charge < -0.3 is 15.2 Å². The van der Waals surface area contributed by atoms with Crippen molar-refractivity contribution in [1.82, 2.24) is 9.47 Å². The number of aromatic nitrogens is 1. The maximum Gasteiger partial charge on any atom is 0.250 e. The molecule has 2 rings (SSSR count). The van der Waals surface area contributed by atoms with E-state index in [9.17, 15) is 4.79 Å². The minimum atomic E-state index is 0.0343. The minimum Gasteiger partial charge on any atom is -0.398 e. The molecule has 0 amide bonds. The standard InChI is InChI=1S/C14H23N3O/c1-2-7-16(10-12-3-4-12)8-9-17-11-13(15)5-6-14(17)18/h5-6,11-12H,2-4,7-10,15H2,1H3. The number of nitrogens with two attached hydrogens (primary N) is 1. The second-order valence-corrected chi connectivity index (χ2v) is 5.24. The van der Waals surface area contributed by atoms with E-state index in [1.54, 1.807) is 22.9 Å². The Bertz CT molecular complexity index is 437. The van der Waals surface area contributed by atoms with Gasteiger partial charge in [-0.15, -0.1) is 0 Å². The van der Waals surface area contributed by atoms with Gasteiger partial charge in [-0.1, -0.05) is 6.92 Å². The van der Waals surface area contributed by atoms with E-state index in [1.165, 1.54) is 25.8 Å². The van der Waals surface area contributed by atoms with E-state index >= 15 is 0 Å². The summed E-state index contributed by atoms with van der Waals surface area (Å²) in [7, 11) is 0. The Labute approximate surface area is 108 Å². The predicted molar refractivity (Wildman–Crippen MR) is 74.6 cm³/mol. The Morgan fingerprint density at radius 2 is 2.17 bits per heavy atom. The second kappa shape index (κ2) is 6.05. The van der Waals surface area contributed by atoms with Crippen LogP contribution in [-0.4, -0.2) is 29.1 Å². The van der Waals surface area contributed by atoms with Gasteiger partial charge in [0.15, 0.2) is 0 Å². The predicted octanol–water partition coefficient (Wildman–Crippen LogP) is 1.55. The molecule has 18 heavy (non-hydrogen) atoms. The maximum atomic E-state index is 11.7. The van der Waals surface area contributed by atoms with Crippen LogP contribution in [0.25, 0.3) is 0 Å². The molecule has 0 aromatic carbocycles. The number of rotatable bonds is 7. The van der Waals surface area contributed by atoms with E-state index in [0.717, 1.165) is 25.6 Å². The number of hydrogen-bond donors (Lipinski definition) is 1. The van der Waals surface area contributed by atoms with Crippen molar-refractivity contribution in [3.63, 3.8) is 0 Å². The van der Waals surface area contributed by atoms with Crippen LogP contribution in [0.4, 0.5) is 5.69 Å². The molecule has 1 aliphatic carbocycles. The fourth-order valence-corrected chi connectivity index (χ4v) is 2.25. The highest BCUT2D eigenvalue weighted by molar-refractivity contribution is 5.33. The van der Waals surface area contributed by atoms with Gasteiger partial charge in [0.1, 0.15) is 0 Å². The Balaban J connectivity index is 1.90. The van der Waals surface area contributed by atoms with Crippen molar-refractivity contribution in [2.24, 2.45) is 5.92 Å². The highest BCUT2D eigenvalue weighted by Crippen LogP contribution is 2.29. The quantitative estimate of drug-likeness (QED) is 0.797. The summed E-state index contributed by atoms with van der Waals surface area (Å²) < 4.78 is 1.71. The summed E-state index contributed by atoms with van der Waals surface area (Å²) in [5.41, 5.74) is 6.40. The Morgan fingerprint density at radius 3 is 2.83 bits per heavy atom. The first kappa shape index (κ1) is 13.1. The van der Waals surface area contributed by atoms with Gasteiger partial charge in [-0.3, -0.25) is 4.79 Å². The smallest absolute Gasteiger partial charge is 0.250 e. The summed E-state index contributed by atoms with van der Waals surface area (Å²) in [6.07, 6.45) is 5.65. The Hall–Kier alpha value is -1.29. The fraction of sp³-hybridized carbons (Fsp3) is 0.643. The van der Waals surface area contributed by atoms with E-state index in [0.29, 0.717) is 5.69 Å². The van der Waals surface area contributed by atoms with Gasteiger partial charge in [-0.25, -0.2) is 0 Å². The zero-order valence-electron chi connectivity index (χ0n) is 11.1. The largest absolute Gasteiger partial charge is 0.398 e. The topological polar surface area (TPSA) is 51.3 Å². The van der Waals surface area contributed by atoms with Crippen molar-refractivity contribution in [2.45, 2.75) is 32.7 Å². The zero-order chi connectivity index (χ0) is 13.0. The number of nitrogens with zero attached hydrogens (tertiary/aromatic N) is 2. The first-order valence-electron chi connectivity index (χ1n) is 6.87. The lowest BCUT2D eigenvalue weighted by Gasteiger charge is -2.21. The summed E-state index contributed by atoms with van der Waals surface area (Å²) in [5, 5.41) is 0. The fourth-order valence-electron chi connectivity index (χ4n) is 2.25. The molecular formula is C14H23N3O. The number of hydrogen-bond acceptors (Lipinski definition) is 3. The zero-order valence-corrected chi connectivity index (χ0v) is 11.1. The van der Waals surface area contributed by atoms with Gasteiger partial charge in [0, 0.05) is 37.6 Å². The van der Waals surface area contributed by atoms with Crippen LogP contribution < -0.4 is 11.3 Å². The van der Waals surface area contributed by atoms with Crippen LogP contribution in [0.3, 0.4) is 0 Å². The average Bonchev–Trinajstić information content (AvgIpc) is 3.14. The van der Waals surface area contributed by atoms with Gasteiger partial charge in [0.2, 0.25) is 0 Å². The van der Waals surface area contributed by atoms with Crippen molar-refractivity contribution in [3.05, 3.63) is 28.7 Å². The monoisotopic (exact) mass is 249 g/mol. The van der Waals surface area contributed by atoms with Crippen LogP contribution in [0, 0.1) is 5.92 Å². The molecule has 1 saturated carbocycles. The molecule has 1 fully saturated rings. The van der Waals surface area contributed by atoms with Gasteiger partial charge in [0.05, 0.1) is 0 Å². The van der Waals surface area contributed by atoms with Crippen molar-refractivity contribution < 1.29 is 0 Å². The van der Waals surface area contributed by atoms with Gasteiger partial charge in [0.25, 0.3) is 5.56 Å². The number of pyridine rings is 1. The first-order valence-corrected chi connectivity index (χ1v) is 6.87. The molecule has 4 nitrogen and oxygen atoms in total. The molecule has 1 aromatic heterocycles. The van der Waals surface area contributed by atoms with Gasteiger partial charge in [-0.05, 0) is 37.8 Å². The van der Waals surface area contributed by atoms with Crippen molar-refractivity contribution in [1.29, 1.82) is 0 Å². The highest BCUT2D eigenvalue weighted by Gasteiger charge is 2.23. The third kappa shape index (κ3) is 3.88. The summed E-state index contributed by atoms with van der Waals surface area (Å²) in [6.45, 7) is 6.18. The molecule has 0 radical (unpaired) electrons. The lowest BCUT2D eigenvalue weighted by molar-refractivity contribution is 0.252. The second-order valence-electron chi connectivity index (χ2n) is 5.24. The minimum absolute atomic E-state index is 0.0343. The van der Waals surface area contributed by atoms with E-state index in [1.807, 2.05) is 0 Å². The summed E-state index contributed by atoms with van der Waals surface area (Å²) >= 11 is 0. The van der Waals surface area contributed by atoms with Crippen LogP contribution >= 0.6 is 0 Å². The molecule has 0 atom stereocenters. The lowest BCUT2D eigenvalue weighted by Crippen LogP contribution is -2.32. The first-order chi connectivity index (χ1) is 8.69. The Kier molecular flexibility index (Phi) is 4.42. The van der Waals surface area contributed by atoms with Crippen LogP contribution in [0.1, 0.15) is 26.2 Å². The molecule has 0 aliphatic heterocycles. The van der Waals surface area contributed by atoms with Crippen LogP contribution in [-0.2, 0) is 6.54 Å². The SMILES string of the molecule is CCCN(CCn1cc(N)ccc1=O)CC1CC1. The molecule has 0 saturated heterocycles. The molecule has 2 N–H and O–H groups in total. The Morgan fingerprint density at radius 1 is 1.39 bits per heavy atom. The number of nitrogen functional groups attached to an aromatic ring is 1. The number of anilines is 1. The highest BCUT2D eigenvalue weighted by atomic mass is 16.1. The van der Waals surface area contributed by atoms with Crippen LogP contribution in [0.2, 0.25) is 0 Å². The normalized spacial score (nSPS) is 15.2. The van der Waals surface area contributed by atoms with Crippen molar-refractivity contribution in [3.8, 4) is 0 Å². The van der Waals surface area contributed by atoms with Crippen LogP contribution in [0.15, 0.2) is 23.1 Å². The molecule has 0 unspecified atom stereocenters. The third-order valence-corrected chi connectivity index (χ3v) is 3.42. The molecule has 1 heterocycles.